The second kappa shape index (κ2) is 5.80. The first-order valence-corrected chi connectivity index (χ1v) is 7.06. The topological polar surface area (TPSA) is 38.9 Å². The Morgan fingerprint density at radius 2 is 1.90 bits per heavy atom. The number of pyridine rings is 1. The van der Waals surface area contributed by atoms with E-state index >= 15 is 0 Å². The second-order valence-electron chi connectivity index (χ2n) is 4.93. The number of halogens is 2. The Morgan fingerprint density at radius 1 is 1.10 bits per heavy atom. The third-order valence-electron chi connectivity index (χ3n) is 3.56. The number of hydrogen-bond donors (Lipinski definition) is 1. The van der Waals surface area contributed by atoms with Gasteiger partial charge in [0, 0.05) is 28.2 Å². The van der Waals surface area contributed by atoms with Crippen molar-refractivity contribution in [2.45, 2.75) is 12.5 Å². The van der Waals surface area contributed by atoms with E-state index in [9.17, 15) is 4.39 Å². The summed E-state index contributed by atoms with van der Waals surface area (Å²) in [6.07, 6.45) is 2.09. The average molecular weight is 301 g/mol. The predicted molar refractivity (Wildman–Crippen MR) is 83.8 cm³/mol. The molecule has 0 amide bonds. The fourth-order valence-corrected chi connectivity index (χ4v) is 2.75. The van der Waals surface area contributed by atoms with E-state index in [1.165, 1.54) is 6.07 Å². The van der Waals surface area contributed by atoms with E-state index in [2.05, 4.69) is 4.98 Å². The highest BCUT2D eigenvalue weighted by Gasteiger charge is 2.15. The summed E-state index contributed by atoms with van der Waals surface area (Å²) < 4.78 is 13.9. The van der Waals surface area contributed by atoms with Crippen molar-refractivity contribution >= 4 is 22.5 Å². The lowest BCUT2D eigenvalue weighted by molar-refractivity contribution is 0.594. The number of benzene rings is 2. The molecular weight excluding hydrogens is 287 g/mol. The first kappa shape index (κ1) is 14.0. The standard InChI is InChI=1S/C17H14ClFN2/c18-14-6-2-7-15(19)13(14)10-16(20)11-4-1-8-17-12(11)5-3-9-21-17/h1-9,16H,10,20H2. The van der Waals surface area contributed by atoms with Crippen LogP contribution in [0.2, 0.25) is 5.02 Å². The number of fused-ring (bicyclic) bond motifs is 1. The summed E-state index contributed by atoms with van der Waals surface area (Å²) in [6, 6.07) is 14.0. The molecule has 0 bridgehead atoms. The molecule has 0 saturated heterocycles. The van der Waals surface area contributed by atoms with E-state index in [4.69, 9.17) is 17.3 Å². The van der Waals surface area contributed by atoms with Gasteiger partial charge in [-0.15, -0.1) is 0 Å². The molecule has 1 unspecified atom stereocenters. The molecule has 3 aromatic rings. The molecule has 0 fully saturated rings. The van der Waals surface area contributed by atoms with Crippen LogP contribution in [0.3, 0.4) is 0 Å². The molecule has 1 atom stereocenters. The van der Waals surface area contributed by atoms with Crippen LogP contribution in [0.15, 0.2) is 54.7 Å². The number of nitrogens with zero attached hydrogens (tertiary/aromatic N) is 1. The minimum absolute atomic E-state index is 0.323. The highest BCUT2D eigenvalue weighted by atomic mass is 35.5. The monoisotopic (exact) mass is 300 g/mol. The van der Waals surface area contributed by atoms with Gasteiger partial charge in [-0.2, -0.15) is 0 Å². The van der Waals surface area contributed by atoms with Crippen LogP contribution in [0.1, 0.15) is 17.2 Å². The summed E-state index contributed by atoms with van der Waals surface area (Å²) in [6.45, 7) is 0. The molecule has 106 valence electrons. The van der Waals surface area contributed by atoms with Crippen molar-refractivity contribution in [3.8, 4) is 0 Å². The largest absolute Gasteiger partial charge is 0.324 e. The molecule has 0 aliphatic rings. The van der Waals surface area contributed by atoms with Crippen molar-refractivity contribution in [3.63, 3.8) is 0 Å². The summed E-state index contributed by atoms with van der Waals surface area (Å²) >= 11 is 6.07. The van der Waals surface area contributed by atoms with E-state index in [1.54, 1.807) is 18.3 Å². The molecule has 0 saturated carbocycles. The van der Waals surface area contributed by atoms with E-state index < -0.39 is 0 Å². The van der Waals surface area contributed by atoms with Crippen LogP contribution < -0.4 is 5.73 Å². The molecule has 1 aromatic heterocycles. The summed E-state index contributed by atoms with van der Waals surface area (Å²) in [5, 5.41) is 1.39. The summed E-state index contributed by atoms with van der Waals surface area (Å²) in [5.41, 5.74) is 8.55. The van der Waals surface area contributed by atoms with Crippen molar-refractivity contribution in [1.82, 2.24) is 4.98 Å². The van der Waals surface area contributed by atoms with E-state index in [-0.39, 0.29) is 11.9 Å². The maximum Gasteiger partial charge on any atom is 0.127 e. The third-order valence-corrected chi connectivity index (χ3v) is 3.92. The maximum absolute atomic E-state index is 13.9. The molecule has 0 aliphatic heterocycles. The van der Waals surface area contributed by atoms with Crippen molar-refractivity contribution in [3.05, 3.63) is 76.7 Å². The van der Waals surface area contributed by atoms with Gasteiger partial charge in [-0.1, -0.05) is 35.9 Å². The summed E-state index contributed by atoms with van der Waals surface area (Å²) in [5.74, 6) is -0.323. The lowest BCUT2D eigenvalue weighted by Gasteiger charge is -2.16. The summed E-state index contributed by atoms with van der Waals surface area (Å²) in [4.78, 5) is 4.31. The number of rotatable bonds is 3. The lowest BCUT2D eigenvalue weighted by atomic mass is 9.96. The van der Waals surface area contributed by atoms with E-state index in [0.29, 0.717) is 17.0 Å². The minimum atomic E-state index is -0.340. The van der Waals surface area contributed by atoms with Gasteiger partial charge in [-0.25, -0.2) is 4.39 Å². The van der Waals surface area contributed by atoms with Crippen molar-refractivity contribution in [2.75, 3.05) is 0 Å². The summed E-state index contributed by atoms with van der Waals surface area (Å²) in [7, 11) is 0. The van der Waals surface area contributed by atoms with Gasteiger partial charge in [0.1, 0.15) is 5.82 Å². The van der Waals surface area contributed by atoms with Crippen LogP contribution in [-0.4, -0.2) is 4.98 Å². The van der Waals surface area contributed by atoms with E-state index in [0.717, 1.165) is 16.5 Å². The zero-order valence-corrected chi connectivity index (χ0v) is 12.0. The number of nitrogens with two attached hydrogens (primary N) is 1. The van der Waals surface area contributed by atoms with Crippen LogP contribution in [0.4, 0.5) is 4.39 Å². The Hall–Kier alpha value is -1.97. The molecule has 0 aliphatic carbocycles. The van der Waals surface area contributed by atoms with Gasteiger partial charge >= 0.3 is 0 Å². The zero-order valence-electron chi connectivity index (χ0n) is 11.3. The normalized spacial score (nSPS) is 12.5. The minimum Gasteiger partial charge on any atom is -0.324 e. The van der Waals surface area contributed by atoms with Crippen molar-refractivity contribution in [2.24, 2.45) is 5.73 Å². The van der Waals surface area contributed by atoms with Gasteiger partial charge in [0.15, 0.2) is 0 Å². The van der Waals surface area contributed by atoms with Gasteiger partial charge in [-0.05, 0) is 36.2 Å². The molecule has 0 radical (unpaired) electrons. The Balaban J connectivity index is 2.00. The Labute approximate surface area is 127 Å². The zero-order chi connectivity index (χ0) is 14.8. The highest BCUT2D eigenvalue weighted by molar-refractivity contribution is 6.31. The molecule has 21 heavy (non-hydrogen) atoms. The highest BCUT2D eigenvalue weighted by Crippen LogP contribution is 2.28. The molecule has 2 N–H and O–H groups in total. The van der Waals surface area contributed by atoms with Crippen LogP contribution in [0.5, 0.6) is 0 Å². The van der Waals surface area contributed by atoms with Gasteiger partial charge in [0.25, 0.3) is 0 Å². The van der Waals surface area contributed by atoms with Crippen LogP contribution in [0, 0.1) is 5.82 Å². The van der Waals surface area contributed by atoms with Gasteiger partial charge in [0.05, 0.1) is 5.52 Å². The molecule has 1 heterocycles. The van der Waals surface area contributed by atoms with Crippen molar-refractivity contribution < 1.29 is 4.39 Å². The Bertz CT molecular complexity index is 763. The van der Waals surface area contributed by atoms with Crippen LogP contribution >= 0.6 is 11.6 Å². The first-order valence-electron chi connectivity index (χ1n) is 6.69. The molecule has 3 rings (SSSR count). The number of hydrogen-bond acceptors (Lipinski definition) is 2. The molecule has 2 nitrogen and oxygen atoms in total. The predicted octanol–water partition coefficient (Wildman–Crippen LogP) is 4.27. The second-order valence-corrected chi connectivity index (χ2v) is 5.34. The van der Waals surface area contributed by atoms with Crippen LogP contribution in [0.25, 0.3) is 10.9 Å². The molecule has 4 heteroatoms. The lowest BCUT2D eigenvalue weighted by Crippen LogP contribution is -2.15. The fourth-order valence-electron chi connectivity index (χ4n) is 2.51. The molecular formula is C17H14ClFN2. The van der Waals surface area contributed by atoms with Crippen LogP contribution in [-0.2, 0) is 6.42 Å². The van der Waals surface area contributed by atoms with Gasteiger partial charge in [-0.3, -0.25) is 4.98 Å². The third kappa shape index (κ3) is 2.75. The Kier molecular flexibility index (Phi) is 3.86. The van der Waals surface area contributed by atoms with E-state index in [1.807, 2.05) is 30.3 Å². The SMILES string of the molecule is NC(Cc1c(F)cccc1Cl)c1cccc2ncccc12. The maximum atomic E-state index is 13.9. The fraction of sp³-hybridized carbons (Fsp3) is 0.118. The first-order chi connectivity index (χ1) is 10.2. The smallest absolute Gasteiger partial charge is 0.127 e. The quantitative estimate of drug-likeness (QED) is 0.784. The Morgan fingerprint density at radius 3 is 2.71 bits per heavy atom. The average Bonchev–Trinajstić information content (AvgIpc) is 2.50. The molecule has 2 aromatic carbocycles. The van der Waals surface area contributed by atoms with Gasteiger partial charge in [0.2, 0.25) is 0 Å². The molecule has 0 spiro atoms. The number of aromatic nitrogens is 1. The van der Waals surface area contributed by atoms with Crippen molar-refractivity contribution in [1.29, 1.82) is 0 Å². The van der Waals surface area contributed by atoms with Gasteiger partial charge < -0.3 is 5.73 Å².